The standard InChI is InChI=1S/C18H19NO5/c1-12(20)19-8-6-18(7-9-19)11-15(21)14-10-13(3-5-17(22)23)2-4-16(14)24-18/h2-5,10H,6-9,11H2,1H3,(H,22,23). The SMILES string of the molecule is CC(=O)N1CCC2(CC1)CC(=O)c1cc(C=CC(=O)O)ccc1O2. The van der Waals surface area contributed by atoms with Gasteiger partial charge in [0.15, 0.2) is 5.78 Å². The molecule has 126 valence electrons. The second kappa shape index (κ2) is 6.11. The predicted molar refractivity (Wildman–Crippen MR) is 86.9 cm³/mol. The van der Waals surface area contributed by atoms with Crippen LogP contribution in [0.5, 0.6) is 5.75 Å². The number of nitrogens with zero attached hydrogens (tertiary/aromatic N) is 1. The van der Waals surface area contributed by atoms with Crippen LogP contribution in [0, 0.1) is 0 Å². The minimum Gasteiger partial charge on any atom is -0.486 e. The maximum absolute atomic E-state index is 12.6. The number of aliphatic carboxylic acids is 1. The molecule has 2 aliphatic rings. The monoisotopic (exact) mass is 329 g/mol. The summed E-state index contributed by atoms with van der Waals surface area (Å²) in [5, 5.41) is 8.69. The van der Waals surface area contributed by atoms with E-state index in [0.29, 0.717) is 42.8 Å². The van der Waals surface area contributed by atoms with Crippen LogP contribution in [0.15, 0.2) is 24.3 Å². The molecule has 0 bridgehead atoms. The molecular weight excluding hydrogens is 310 g/mol. The highest BCUT2D eigenvalue weighted by Crippen LogP contribution is 2.39. The summed E-state index contributed by atoms with van der Waals surface area (Å²) in [6.45, 7) is 2.74. The van der Waals surface area contributed by atoms with Gasteiger partial charge in [-0.25, -0.2) is 4.79 Å². The van der Waals surface area contributed by atoms with Gasteiger partial charge in [-0.15, -0.1) is 0 Å². The Morgan fingerprint density at radius 3 is 2.62 bits per heavy atom. The van der Waals surface area contributed by atoms with Crippen molar-refractivity contribution in [3.8, 4) is 5.75 Å². The molecule has 1 spiro atoms. The van der Waals surface area contributed by atoms with E-state index in [1.807, 2.05) is 0 Å². The summed E-state index contributed by atoms with van der Waals surface area (Å²) in [5.41, 5.74) is 0.603. The highest BCUT2D eigenvalue weighted by atomic mass is 16.5. The zero-order chi connectivity index (χ0) is 17.3. The Kier molecular flexibility index (Phi) is 4.13. The summed E-state index contributed by atoms with van der Waals surface area (Å²) in [7, 11) is 0. The second-order valence-corrected chi connectivity index (χ2v) is 6.32. The fraction of sp³-hybridized carbons (Fsp3) is 0.389. The number of piperidine rings is 1. The number of Topliss-reactive ketones (excluding diaryl/α,β-unsaturated/α-hetero) is 1. The number of hydrogen-bond acceptors (Lipinski definition) is 4. The van der Waals surface area contributed by atoms with Crippen LogP contribution in [0.3, 0.4) is 0 Å². The number of ether oxygens (including phenoxy) is 1. The lowest BCUT2D eigenvalue weighted by Gasteiger charge is -2.43. The third kappa shape index (κ3) is 3.18. The van der Waals surface area contributed by atoms with E-state index < -0.39 is 11.6 Å². The molecule has 24 heavy (non-hydrogen) atoms. The van der Waals surface area contributed by atoms with Crippen LogP contribution in [-0.2, 0) is 9.59 Å². The van der Waals surface area contributed by atoms with E-state index in [9.17, 15) is 14.4 Å². The van der Waals surface area contributed by atoms with Crippen molar-refractivity contribution in [1.82, 2.24) is 4.90 Å². The van der Waals surface area contributed by atoms with Crippen LogP contribution in [0.25, 0.3) is 6.08 Å². The molecule has 0 aromatic heterocycles. The molecule has 0 radical (unpaired) electrons. The van der Waals surface area contributed by atoms with E-state index in [1.165, 1.54) is 6.08 Å². The van der Waals surface area contributed by atoms with Crippen LogP contribution in [-0.4, -0.2) is 46.4 Å². The number of likely N-dealkylation sites (tertiary alicyclic amines) is 1. The van der Waals surface area contributed by atoms with Gasteiger partial charge in [-0.1, -0.05) is 6.07 Å². The number of ketones is 1. The average Bonchev–Trinajstić information content (AvgIpc) is 2.53. The summed E-state index contributed by atoms with van der Waals surface area (Å²) in [4.78, 5) is 36.4. The maximum atomic E-state index is 12.6. The van der Waals surface area contributed by atoms with Gasteiger partial charge in [-0.05, 0) is 23.8 Å². The number of amides is 1. The van der Waals surface area contributed by atoms with Crippen molar-refractivity contribution < 1.29 is 24.2 Å². The molecule has 1 amide bonds. The summed E-state index contributed by atoms with van der Waals surface area (Å²) < 4.78 is 6.14. The maximum Gasteiger partial charge on any atom is 0.328 e. The van der Waals surface area contributed by atoms with Crippen LogP contribution >= 0.6 is 0 Å². The van der Waals surface area contributed by atoms with Gasteiger partial charge in [-0.2, -0.15) is 0 Å². The number of rotatable bonds is 2. The number of carbonyl (C=O) groups is 3. The Bertz CT molecular complexity index is 729. The molecule has 0 atom stereocenters. The number of hydrogen-bond donors (Lipinski definition) is 1. The molecule has 6 heteroatoms. The minimum absolute atomic E-state index is 0.00176. The van der Waals surface area contributed by atoms with E-state index in [2.05, 4.69) is 0 Å². The largest absolute Gasteiger partial charge is 0.486 e. The Balaban J connectivity index is 1.80. The van der Waals surface area contributed by atoms with Crippen molar-refractivity contribution in [3.05, 3.63) is 35.4 Å². The minimum atomic E-state index is -1.04. The molecule has 2 heterocycles. The molecule has 0 saturated carbocycles. The van der Waals surface area contributed by atoms with Gasteiger partial charge in [-0.3, -0.25) is 9.59 Å². The van der Waals surface area contributed by atoms with Gasteiger partial charge >= 0.3 is 5.97 Å². The molecule has 1 N–H and O–H groups in total. The molecule has 1 aromatic carbocycles. The van der Waals surface area contributed by atoms with E-state index in [4.69, 9.17) is 9.84 Å². The van der Waals surface area contributed by atoms with E-state index in [-0.39, 0.29) is 18.1 Å². The molecule has 1 aromatic rings. The van der Waals surface area contributed by atoms with Crippen LogP contribution < -0.4 is 4.74 Å². The first-order chi connectivity index (χ1) is 11.4. The number of benzene rings is 1. The molecule has 1 saturated heterocycles. The Labute approximate surface area is 139 Å². The van der Waals surface area contributed by atoms with Gasteiger partial charge < -0.3 is 14.7 Å². The lowest BCUT2D eigenvalue weighted by atomic mass is 9.82. The van der Waals surface area contributed by atoms with Crippen molar-refractivity contribution in [1.29, 1.82) is 0 Å². The second-order valence-electron chi connectivity index (χ2n) is 6.32. The smallest absolute Gasteiger partial charge is 0.328 e. The zero-order valence-corrected chi connectivity index (χ0v) is 13.4. The highest BCUT2D eigenvalue weighted by molar-refractivity contribution is 6.01. The van der Waals surface area contributed by atoms with Gasteiger partial charge in [0.25, 0.3) is 0 Å². The number of carboxylic acids is 1. The molecule has 3 rings (SSSR count). The molecule has 0 aliphatic carbocycles. The number of fused-ring (bicyclic) bond motifs is 1. The molecule has 6 nitrogen and oxygen atoms in total. The molecular formula is C18H19NO5. The van der Waals surface area contributed by atoms with Crippen LogP contribution in [0.1, 0.15) is 42.1 Å². The molecule has 0 unspecified atom stereocenters. The Hall–Kier alpha value is -2.63. The first-order valence-corrected chi connectivity index (χ1v) is 7.91. The number of carbonyl (C=O) groups excluding carboxylic acids is 2. The molecule has 2 aliphatic heterocycles. The quantitative estimate of drug-likeness (QED) is 0.840. The third-order valence-electron chi connectivity index (χ3n) is 4.65. The first kappa shape index (κ1) is 16.2. The summed E-state index contributed by atoms with van der Waals surface area (Å²) >= 11 is 0. The molecule has 1 fully saturated rings. The normalized spacial score (nSPS) is 19.2. The van der Waals surface area contributed by atoms with E-state index in [1.54, 1.807) is 30.0 Å². The van der Waals surface area contributed by atoms with E-state index >= 15 is 0 Å². The first-order valence-electron chi connectivity index (χ1n) is 7.91. The van der Waals surface area contributed by atoms with Crippen LogP contribution in [0.4, 0.5) is 0 Å². The van der Waals surface area contributed by atoms with Gasteiger partial charge in [0.2, 0.25) is 5.91 Å². The topological polar surface area (TPSA) is 83.9 Å². The van der Waals surface area contributed by atoms with Crippen molar-refractivity contribution in [2.45, 2.75) is 31.8 Å². The number of carboxylic acid groups (broad SMARTS) is 1. The summed E-state index contributed by atoms with van der Waals surface area (Å²) in [5.74, 6) is -0.457. The lowest BCUT2D eigenvalue weighted by Crippen LogP contribution is -2.51. The lowest BCUT2D eigenvalue weighted by molar-refractivity contribution is -0.133. The van der Waals surface area contributed by atoms with Crippen molar-refractivity contribution >= 4 is 23.7 Å². The van der Waals surface area contributed by atoms with Gasteiger partial charge in [0, 0.05) is 38.9 Å². The van der Waals surface area contributed by atoms with Crippen LogP contribution in [0.2, 0.25) is 0 Å². The Morgan fingerprint density at radius 1 is 1.29 bits per heavy atom. The summed E-state index contributed by atoms with van der Waals surface area (Å²) in [6, 6.07) is 5.11. The highest BCUT2D eigenvalue weighted by Gasteiger charge is 2.43. The Morgan fingerprint density at radius 2 is 2.00 bits per heavy atom. The fourth-order valence-electron chi connectivity index (χ4n) is 3.29. The van der Waals surface area contributed by atoms with Gasteiger partial charge in [0.1, 0.15) is 11.4 Å². The van der Waals surface area contributed by atoms with Gasteiger partial charge in [0.05, 0.1) is 12.0 Å². The van der Waals surface area contributed by atoms with E-state index in [0.717, 1.165) is 6.08 Å². The third-order valence-corrected chi connectivity index (χ3v) is 4.65. The van der Waals surface area contributed by atoms with Crippen molar-refractivity contribution in [3.63, 3.8) is 0 Å². The van der Waals surface area contributed by atoms with Crippen molar-refractivity contribution in [2.75, 3.05) is 13.1 Å². The average molecular weight is 329 g/mol. The fourth-order valence-corrected chi connectivity index (χ4v) is 3.29. The zero-order valence-electron chi connectivity index (χ0n) is 13.4. The predicted octanol–water partition coefficient (Wildman–Crippen LogP) is 2.13. The van der Waals surface area contributed by atoms with Crippen molar-refractivity contribution in [2.24, 2.45) is 0 Å². The summed E-state index contributed by atoms with van der Waals surface area (Å²) in [6.07, 6.45) is 4.05.